The number of carbonyl (C=O) groups is 1. The number of nitrogens with zero attached hydrogens (tertiary/aromatic N) is 1. The van der Waals surface area contributed by atoms with Gasteiger partial charge in [0.2, 0.25) is 0 Å². The van der Waals surface area contributed by atoms with E-state index in [0.29, 0.717) is 44.5 Å². The molecule has 1 amide bonds. The third kappa shape index (κ3) is 5.02. The van der Waals surface area contributed by atoms with Crippen molar-refractivity contribution in [3.05, 3.63) is 63.3 Å². The van der Waals surface area contributed by atoms with Crippen LogP contribution < -0.4 is 14.8 Å². The van der Waals surface area contributed by atoms with Crippen molar-refractivity contribution < 1.29 is 19.0 Å². The van der Waals surface area contributed by atoms with E-state index in [0.717, 1.165) is 25.0 Å². The fourth-order valence-electron chi connectivity index (χ4n) is 3.63. The van der Waals surface area contributed by atoms with Crippen molar-refractivity contribution in [3.63, 3.8) is 0 Å². The molecule has 2 aliphatic rings. The lowest BCUT2D eigenvalue weighted by Crippen LogP contribution is -2.37. The first-order valence-corrected chi connectivity index (χ1v) is 11.3. The Morgan fingerprint density at radius 3 is 2.84 bits per heavy atom. The van der Waals surface area contributed by atoms with Crippen LogP contribution in [0.5, 0.6) is 11.5 Å². The van der Waals surface area contributed by atoms with Gasteiger partial charge in [-0.1, -0.05) is 41.4 Å². The van der Waals surface area contributed by atoms with Gasteiger partial charge in [-0.2, -0.15) is 0 Å². The Kier molecular flexibility index (Phi) is 7.20. The van der Waals surface area contributed by atoms with E-state index in [1.807, 2.05) is 18.2 Å². The average molecular weight is 493 g/mol. The lowest BCUT2D eigenvalue weighted by Gasteiger charge is -2.18. The molecule has 2 saturated heterocycles. The van der Waals surface area contributed by atoms with Gasteiger partial charge >= 0.3 is 0 Å². The first-order valence-electron chi connectivity index (χ1n) is 10.2. The molecule has 9 heteroatoms. The number of carbonyl (C=O) groups excluding carboxylic acids is 1. The number of amides is 1. The van der Waals surface area contributed by atoms with Crippen LogP contribution in [0.25, 0.3) is 6.08 Å². The van der Waals surface area contributed by atoms with Gasteiger partial charge in [-0.15, -0.1) is 0 Å². The Bertz CT molecular complexity index is 1070. The molecular formula is C23H22Cl2N2O4S. The fourth-order valence-corrected chi connectivity index (χ4v) is 4.22. The summed E-state index contributed by atoms with van der Waals surface area (Å²) in [4.78, 5) is 14.5. The molecule has 4 rings (SSSR count). The van der Waals surface area contributed by atoms with Crippen LogP contribution in [-0.4, -0.2) is 42.3 Å². The number of hydrogen-bond donors (Lipinski definition) is 1. The molecule has 6 nitrogen and oxygen atoms in total. The number of ether oxygens (including phenoxy) is 3. The molecule has 2 aromatic carbocycles. The summed E-state index contributed by atoms with van der Waals surface area (Å²) in [6.07, 6.45) is 3.66. The molecule has 0 aromatic heterocycles. The number of methoxy groups -OCH3 is 1. The summed E-state index contributed by atoms with van der Waals surface area (Å²) < 4.78 is 17.2. The van der Waals surface area contributed by atoms with Gasteiger partial charge in [0, 0.05) is 12.2 Å². The Morgan fingerprint density at radius 2 is 2.12 bits per heavy atom. The molecule has 0 aliphatic carbocycles. The number of benzene rings is 2. The summed E-state index contributed by atoms with van der Waals surface area (Å²) in [6, 6.07) is 10.8. The van der Waals surface area contributed by atoms with Crippen LogP contribution in [-0.2, 0) is 16.1 Å². The molecule has 2 aromatic rings. The number of para-hydroxylation sites is 1. The highest BCUT2D eigenvalue weighted by Gasteiger charge is 2.33. The molecule has 0 bridgehead atoms. The van der Waals surface area contributed by atoms with Crippen molar-refractivity contribution in [3.8, 4) is 11.5 Å². The van der Waals surface area contributed by atoms with Gasteiger partial charge in [0.1, 0.15) is 12.3 Å². The van der Waals surface area contributed by atoms with E-state index in [1.54, 1.807) is 36.3 Å². The number of thiocarbonyl (C=S) groups is 1. The fraction of sp³-hybridized carbons (Fsp3) is 0.304. The Morgan fingerprint density at radius 1 is 1.28 bits per heavy atom. The maximum atomic E-state index is 13.0. The summed E-state index contributed by atoms with van der Waals surface area (Å²) >= 11 is 17.5. The molecule has 1 unspecified atom stereocenters. The minimum absolute atomic E-state index is 0.0139. The maximum absolute atomic E-state index is 13.0. The molecule has 1 N–H and O–H groups in total. The summed E-state index contributed by atoms with van der Waals surface area (Å²) in [7, 11) is 1.57. The van der Waals surface area contributed by atoms with Crippen LogP contribution in [0, 0.1) is 0 Å². The Balaban J connectivity index is 1.56. The van der Waals surface area contributed by atoms with E-state index in [4.69, 9.17) is 49.6 Å². The number of rotatable bonds is 7. The van der Waals surface area contributed by atoms with Crippen molar-refractivity contribution in [2.24, 2.45) is 0 Å². The van der Waals surface area contributed by atoms with Gasteiger partial charge in [0.15, 0.2) is 16.6 Å². The zero-order chi connectivity index (χ0) is 22.7. The second-order valence-electron chi connectivity index (χ2n) is 7.45. The van der Waals surface area contributed by atoms with Gasteiger partial charge in [-0.05, 0) is 54.9 Å². The first-order chi connectivity index (χ1) is 15.5. The molecule has 0 spiro atoms. The van der Waals surface area contributed by atoms with E-state index < -0.39 is 0 Å². The summed E-state index contributed by atoms with van der Waals surface area (Å²) in [6.45, 7) is 1.41. The summed E-state index contributed by atoms with van der Waals surface area (Å²) in [5.74, 6) is 0.860. The highest BCUT2D eigenvalue weighted by atomic mass is 35.5. The number of nitrogens with one attached hydrogen (secondary N) is 1. The molecule has 2 fully saturated rings. The van der Waals surface area contributed by atoms with E-state index in [9.17, 15) is 4.79 Å². The normalized spacial score (nSPS) is 19.5. The van der Waals surface area contributed by atoms with Crippen LogP contribution in [0.1, 0.15) is 24.0 Å². The largest absolute Gasteiger partial charge is 0.493 e. The monoisotopic (exact) mass is 492 g/mol. The Labute approximate surface area is 202 Å². The Hall–Kier alpha value is -2.32. The van der Waals surface area contributed by atoms with Crippen LogP contribution in [0.2, 0.25) is 10.0 Å². The molecular weight excluding hydrogens is 471 g/mol. The first kappa shape index (κ1) is 22.9. The van der Waals surface area contributed by atoms with Crippen LogP contribution in [0.15, 0.2) is 42.1 Å². The minimum Gasteiger partial charge on any atom is -0.493 e. The van der Waals surface area contributed by atoms with E-state index in [-0.39, 0.29) is 18.6 Å². The van der Waals surface area contributed by atoms with Gasteiger partial charge in [0.25, 0.3) is 5.91 Å². The smallest absolute Gasteiger partial charge is 0.276 e. The van der Waals surface area contributed by atoms with Gasteiger partial charge in [-0.25, -0.2) is 0 Å². The SMILES string of the molecule is COc1cccc(/C=C2/NC(=S)N(CC3CCCO3)C2=O)c1OCc1ccc(Cl)c(Cl)c1. The predicted molar refractivity (Wildman–Crippen MR) is 128 cm³/mol. The van der Waals surface area contributed by atoms with E-state index in [2.05, 4.69) is 5.32 Å². The quantitative estimate of drug-likeness (QED) is 0.441. The lowest BCUT2D eigenvalue weighted by molar-refractivity contribution is -0.123. The predicted octanol–water partition coefficient (Wildman–Crippen LogP) is 4.82. The van der Waals surface area contributed by atoms with Crippen LogP contribution >= 0.6 is 35.4 Å². The third-order valence-corrected chi connectivity index (χ3v) is 6.33. The van der Waals surface area contributed by atoms with Crippen molar-refractivity contribution >= 4 is 52.5 Å². The number of hydrogen-bond acceptors (Lipinski definition) is 5. The van der Waals surface area contributed by atoms with Crippen molar-refractivity contribution in [1.29, 1.82) is 0 Å². The third-order valence-electron chi connectivity index (χ3n) is 5.27. The van der Waals surface area contributed by atoms with Gasteiger partial charge < -0.3 is 19.5 Å². The second-order valence-corrected chi connectivity index (χ2v) is 8.66. The molecule has 168 valence electrons. The zero-order valence-electron chi connectivity index (χ0n) is 17.4. The summed E-state index contributed by atoms with van der Waals surface area (Å²) in [5, 5.41) is 4.32. The minimum atomic E-state index is -0.191. The van der Waals surface area contributed by atoms with Crippen LogP contribution in [0.4, 0.5) is 0 Å². The highest BCUT2D eigenvalue weighted by molar-refractivity contribution is 7.80. The molecule has 32 heavy (non-hydrogen) atoms. The average Bonchev–Trinajstić information content (AvgIpc) is 3.39. The van der Waals surface area contributed by atoms with E-state index in [1.165, 1.54) is 0 Å². The zero-order valence-corrected chi connectivity index (χ0v) is 19.7. The number of halogens is 2. The molecule has 0 saturated carbocycles. The van der Waals surface area contributed by atoms with Gasteiger partial charge in [-0.3, -0.25) is 9.69 Å². The van der Waals surface area contributed by atoms with Crippen molar-refractivity contribution in [1.82, 2.24) is 10.2 Å². The second kappa shape index (κ2) is 10.1. The highest BCUT2D eigenvalue weighted by Crippen LogP contribution is 2.34. The molecule has 0 radical (unpaired) electrons. The van der Waals surface area contributed by atoms with Crippen molar-refractivity contribution in [2.45, 2.75) is 25.6 Å². The lowest BCUT2D eigenvalue weighted by atomic mass is 10.1. The molecule has 2 aliphatic heterocycles. The molecule has 1 atom stereocenters. The van der Waals surface area contributed by atoms with E-state index >= 15 is 0 Å². The topological polar surface area (TPSA) is 60.0 Å². The van der Waals surface area contributed by atoms with Crippen molar-refractivity contribution in [2.75, 3.05) is 20.3 Å². The maximum Gasteiger partial charge on any atom is 0.276 e. The standard InChI is InChI=1S/C23H22Cl2N2O4S/c1-29-20-6-2-4-15(21(20)31-13-14-7-8-17(24)18(25)10-14)11-19-22(28)27(23(32)26-19)12-16-5-3-9-30-16/h2,4,6-8,10-11,16H,3,5,9,12-13H2,1H3,(H,26,32)/b19-11+. The van der Waals surface area contributed by atoms with Crippen LogP contribution in [0.3, 0.4) is 0 Å². The van der Waals surface area contributed by atoms with Gasteiger partial charge in [0.05, 0.1) is 29.8 Å². The summed E-state index contributed by atoms with van der Waals surface area (Å²) in [5.41, 5.74) is 1.91. The molecule has 2 heterocycles.